The Balaban J connectivity index is 2.79. The third-order valence-electron chi connectivity index (χ3n) is 1.07. The molecule has 3 heteroatoms. The fraction of sp³-hybridized carbons (Fsp3) is 0.571. The van der Waals surface area contributed by atoms with Gasteiger partial charge in [0.25, 0.3) is 0 Å². The fourth-order valence-corrected chi connectivity index (χ4v) is 1.09. The summed E-state index contributed by atoms with van der Waals surface area (Å²) in [7, 11) is 0. The fourth-order valence-electron chi connectivity index (χ4n) is 0.535. The van der Waals surface area contributed by atoms with Crippen molar-refractivity contribution in [1.29, 1.82) is 0 Å². The van der Waals surface area contributed by atoms with Crippen LogP contribution in [0.15, 0.2) is 15.6 Å². The van der Waals surface area contributed by atoms with Gasteiger partial charge in [-0.3, -0.25) is 0 Å². The van der Waals surface area contributed by atoms with Crippen LogP contribution in [0.2, 0.25) is 0 Å². The Kier molecular flexibility index (Phi) is 1.97. The minimum absolute atomic E-state index is 0.118. The third kappa shape index (κ3) is 1.72. The molecule has 0 aromatic carbocycles. The summed E-state index contributed by atoms with van der Waals surface area (Å²) < 4.78 is 3.91. The largest absolute Gasteiger partial charge is 0.242 e. The van der Waals surface area contributed by atoms with Crippen molar-refractivity contribution in [2.75, 3.05) is 0 Å². The van der Waals surface area contributed by atoms with Gasteiger partial charge >= 0.3 is 0 Å². The van der Waals surface area contributed by atoms with Crippen molar-refractivity contribution >= 4 is 22.9 Å². The summed E-state index contributed by atoms with van der Waals surface area (Å²) in [6, 6.07) is 0. The van der Waals surface area contributed by atoms with Gasteiger partial charge < -0.3 is 0 Å². The van der Waals surface area contributed by atoms with E-state index in [9.17, 15) is 0 Å². The Labute approximate surface area is 65.3 Å². The van der Waals surface area contributed by atoms with Crippen molar-refractivity contribution < 1.29 is 0 Å². The van der Waals surface area contributed by atoms with Gasteiger partial charge in [-0.15, -0.1) is 0 Å². The van der Waals surface area contributed by atoms with Crippen LogP contribution in [0.4, 0.5) is 0 Å². The molecule has 10 heavy (non-hydrogen) atoms. The molecule has 0 bridgehead atoms. The molecular formula is C7H10N2S. The van der Waals surface area contributed by atoms with E-state index in [2.05, 4.69) is 36.0 Å². The van der Waals surface area contributed by atoms with Crippen molar-refractivity contribution in [1.82, 2.24) is 0 Å². The normalized spacial score (nSPS) is 17.3. The van der Waals surface area contributed by atoms with E-state index in [0.717, 1.165) is 5.04 Å². The van der Waals surface area contributed by atoms with Gasteiger partial charge in [-0.25, -0.2) is 4.99 Å². The van der Waals surface area contributed by atoms with E-state index in [4.69, 9.17) is 0 Å². The molecule has 0 aliphatic carbocycles. The van der Waals surface area contributed by atoms with Crippen LogP contribution in [0.1, 0.15) is 20.8 Å². The van der Waals surface area contributed by atoms with Crippen molar-refractivity contribution in [3.05, 3.63) is 6.20 Å². The Morgan fingerprint density at radius 2 is 2.20 bits per heavy atom. The van der Waals surface area contributed by atoms with E-state index < -0.39 is 0 Å². The Morgan fingerprint density at radius 3 is 2.50 bits per heavy atom. The van der Waals surface area contributed by atoms with Crippen LogP contribution in [0, 0.1) is 5.41 Å². The summed E-state index contributed by atoms with van der Waals surface area (Å²) >= 11 is 1.40. The quantitative estimate of drug-likeness (QED) is 0.491. The summed E-state index contributed by atoms with van der Waals surface area (Å²) in [4.78, 5) is 4.15. The highest BCUT2D eigenvalue weighted by Gasteiger charge is 2.19. The molecule has 0 amide bonds. The van der Waals surface area contributed by atoms with Gasteiger partial charge in [0.15, 0.2) is 0 Å². The van der Waals surface area contributed by atoms with Crippen LogP contribution in [-0.4, -0.2) is 10.9 Å². The predicted octanol–water partition coefficient (Wildman–Crippen LogP) is 2.28. The smallest absolute Gasteiger partial charge is 0.103 e. The van der Waals surface area contributed by atoms with Crippen LogP contribution in [0.5, 0.6) is 0 Å². The monoisotopic (exact) mass is 154 g/mol. The number of hydrogen-bond donors (Lipinski definition) is 0. The minimum Gasteiger partial charge on any atom is -0.242 e. The maximum Gasteiger partial charge on any atom is 0.103 e. The summed E-state index contributed by atoms with van der Waals surface area (Å²) in [5.41, 5.74) is 0.118. The maximum atomic E-state index is 4.15. The molecule has 0 N–H and O–H groups in total. The molecular weight excluding hydrogens is 144 g/mol. The molecule has 1 heterocycles. The first kappa shape index (κ1) is 7.58. The highest BCUT2D eigenvalue weighted by atomic mass is 32.2. The molecule has 1 rings (SSSR count). The SMILES string of the molecule is CC(C)(C)C1=NC=C=NS1. The van der Waals surface area contributed by atoms with E-state index in [1.165, 1.54) is 11.9 Å². The number of aliphatic imine (C=N–C) groups is 1. The summed E-state index contributed by atoms with van der Waals surface area (Å²) in [6.45, 7) is 6.36. The summed E-state index contributed by atoms with van der Waals surface area (Å²) in [5, 5.41) is 1.05. The van der Waals surface area contributed by atoms with E-state index in [1.807, 2.05) is 0 Å². The van der Waals surface area contributed by atoms with E-state index in [1.54, 1.807) is 6.20 Å². The van der Waals surface area contributed by atoms with Gasteiger partial charge in [-0.1, -0.05) is 20.8 Å². The van der Waals surface area contributed by atoms with Crippen molar-refractivity contribution in [3.63, 3.8) is 0 Å². The molecule has 2 nitrogen and oxygen atoms in total. The van der Waals surface area contributed by atoms with Gasteiger partial charge in [0.1, 0.15) is 5.04 Å². The topological polar surface area (TPSA) is 24.7 Å². The average molecular weight is 154 g/mol. The van der Waals surface area contributed by atoms with Crippen molar-refractivity contribution in [2.24, 2.45) is 14.8 Å². The van der Waals surface area contributed by atoms with Gasteiger partial charge in [-0.05, 0) is 0 Å². The van der Waals surface area contributed by atoms with Crippen LogP contribution < -0.4 is 0 Å². The molecule has 0 radical (unpaired) electrons. The lowest BCUT2D eigenvalue weighted by Gasteiger charge is -2.18. The second kappa shape index (κ2) is 2.60. The standard InChI is InChI=1S/C7H10N2S/c1-7(2,3)6-8-4-5-9-10-6/h4H,1-3H3. The van der Waals surface area contributed by atoms with Crippen molar-refractivity contribution in [2.45, 2.75) is 20.8 Å². The van der Waals surface area contributed by atoms with Gasteiger partial charge in [0.05, 0.1) is 6.20 Å². The second-order valence-electron chi connectivity index (χ2n) is 3.13. The number of hydrogen-bond acceptors (Lipinski definition) is 3. The zero-order chi connectivity index (χ0) is 7.61. The highest BCUT2D eigenvalue weighted by Crippen LogP contribution is 2.26. The van der Waals surface area contributed by atoms with Crippen molar-refractivity contribution in [3.8, 4) is 0 Å². The maximum absolute atomic E-state index is 4.15. The first-order chi connectivity index (χ1) is 4.61. The summed E-state index contributed by atoms with van der Waals surface area (Å²) in [6.07, 6.45) is 1.61. The molecule has 1 aliphatic rings. The molecule has 0 fully saturated rings. The Hall–Kier alpha value is -0.530. The average Bonchev–Trinajstić information content (AvgIpc) is 1.88. The molecule has 0 saturated carbocycles. The minimum atomic E-state index is 0.118. The molecule has 54 valence electrons. The zero-order valence-electron chi connectivity index (χ0n) is 6.38. The number of rotatable bonds is 0. The summed E-state index contributed by atoms with van der Waals surface area (Å²) in [5.74, 6) is 2.66. The first-order valence-electron chi connectivity index (χ1n) is 3.13. The molecule has 0 unspecified atom stereocenters. The molecule has 0 spiro atoms. The lowest BCUT2D eigenvalue weighted by molar-refractivity contribution is 0.602. The van der Waals surface area contributed by atoms with E-state index in [-0.39, 0.29) is 5.41 Å². The van der Waals surface area contributed by atoms with Gasteiger partial charge in [-0.2, -0.15) is 4.40 Å². The van der Waals surface area contributed by atoms with Crippen LogP contribution in [0.3, 0.4) is 0 Å². The van der Waals surface area contributed by atoms with Crippen LogP contribution in [-0.2, 0) is 0 Å². The Morgan fingerprint density at radius 1 is 1.50 bits per heavy atom. The number of nitrogens with zero attached hydrogens (tertiary/aromatic N) is 2. The molecule has 0 saturated heterocycles. The second-order valence-corrected chi connectivity index (χ2v) is 3.88. The lowest BCUT2D eigenvalue weighted by Crippen LogP contribution is -2.16. The lowest BCUT2D eigenvalue weighted by atomic mass is 9.99. The van der Waals surface area contributed by atoms with Crippen LogP contribution >= 0.6 is 11.9 Å². The molecule has 0 atom stereocenters. The van der Waals surface area contributed by atoms with Crippen LogP contribution in [0.25, 0.3) is 0 Å². The molecule has 0 aromatic heterocycles. The van der Waals surface area contributed by atoms with E-state index >= 15 is 0 Å². The third-order valence-corrected chi connectivity index (χ3v) is 2.15. The first-order valence-corrected chi connectivity index (χ1v) is 3.90. The molecule has 0 aromatic rings. The predicted molar refractivity (Wildman–Crippen MR) is 46.5 cm³/mol. The Bertz CT molecular complexity index is 216. The van der Waals surface area contributed by atoms with Gasteiger partial charge in [0, 0.05) is 23.2 Å². The zero-order valence-corrected chi connectivity index (χ0v) is 7.20. The van der Waals surface area contributed by atoms with Gasteiger partial charge in [0.2, 0.25) is 0 Å². The highest BCUT2D eigenvalue weighted by molar-refractivity contribution is 8.13. The van der Waals surface area contributed by atoms with E-state index in [0.29, 0.717) is 0 Å². The molecule has 1 aliphatic heterocycles.